The van der Waals surface area contributed by atoms with E-state index in [2.05, 4.69) is 25.3 Å². The van der Waals surface area contributed by atoms with Crippen molar-refractivity contribution in [2.24, 2.45) is 35.5 Å². The van der Waals surface area contributed by atoms with Gasteiger partial charge in [0.25, 0.3) is 0 Å². The van der Waals surface area contributed by atoms with Gasteiger partial charge in [-0.15, -0.1) is 13.2 Å². The van der Waals surface area contributed by atoms with E-state index in [4.69, 9.17) is 0 Å². The molecule has 6 atom stereocenters. The summed E-state index contributed by atoms with van der Waals surface area (Å²) >= 11 is 0. The van der Waals surface area contributed by atoms with Crippen molar-refractivity contribution in [1.29, 1.82) is 0 Å². The van der Waals surface area contributed by atoms with Gasteiger partial charge in [-0.1, -0.05) is 12.2 Å². The molecule has 3 saturated carbocycles. The number of Topliss-reactive ketones (excluding diaryl/α,β-unsaturated/α-hetero) is 1. The van der Waals surface area contributed by atoms with Gasteiger partial charge in [-0.3, -0.25) is 4.79 Å². The molecule has 3 fully saturated rings. The van der Waals surface area contributed by atoms with Crippen LogP contribution in [-0.4, -0.2) is 5.78 Å². The Labute approximate surface area is 91.2 Å². The normalized spacial score (nSPS) is 51.9. The highest BCUT2D eigenvalue weighted by molar-refractivity contribution is 5.88. The maximum atomic E-state index is 11.7. The Morgan fingerprint density at radius 2 is 1.87 bits per heavy atom. The number of hydrogen-bond acceptors (Lipinski definition) is 1. The van der Waals surface area contributed by atoms with E-state index in [1.54, 1.807) is 0 Å². The second kappa shape index (κ2) is 3.07. The van der Waals surface area contributed by atoms with Crippen LogP contribution in [0.25, 0.3) is 0 Å². The number of rotatable bonds is 2. The van der Waals surface area contributed by atoms with E-state index < -0.39 is 0 Å². The average molecular weight is 202 g/mol. The van der Waals surface area contributed by atoms with Crippen molar-refractivity contribution in [3.63, 3.8) is 0 Å². The first-order valence-electron chi connectivity index (χ1n) is 6.04. The van der Waals surface area contributed by atoms with Gasteiger partial charge in [-0.05, 0) is 42.4 Å². The Morgan fingerprint density at radius 1 is 1.13 bits per heavy atom. The molecular formula is C14H18O. The summed E-state index contributed by atoms with van der Waals surface area (Å²) in [4.78, 5) is 11.7. The van der Waals surface area contributed by atoms with Crippen molar-refractivity contribution < 1.29 is 4.79 Å². The Morgan fingerprint density at radius 3 is 2.47 bits per heavy atom. The third-order valence-electron chi connectivity index (χ3n) is 5.02. The lowest BCUT2D eigenvalue weighted by molar-refractivity contribution is -0.134. The highest BCUT2D eigenvalue weighted by atomic mass is 16.1. The molecule has 1 heteroatoms. The predicted octanol–water partition coefficient (Wildman–Crippen LogP) is 2.84. The Kier molecular flexibility index (Phi) is 1.92. The van der Waals surface area contributed by atoms with E-state index in [1.807, 2.05) is 0 Å². The van der Waals surface area contributed by atoms with E-state index in [0.717, 1.165) is 12.3 Å². The smallest absolute Gasteiger partial charge is 0.136 e. The highest BCUT2D eigenvalue weighted by Gasteiger charge is 2.59. The van der Waals surface area contributed by atoms with Crippen LogP contribution in [0.2, 0.25) is 0 Å². The first kappa shape index (κ1) is 9.38. The van der Waals surface area contributed by atoms with Crippen molar-refractivity contribution >= 4 is 5.78 Å². The molecule has 80 valence electrons. The van der Waals surface area contributed by atoms with Crippen molar-refractivity contribution in [2.75, 3.05) is 0 Å². The largest absolute Gasteiger partial charge is 0.299 e. The zero-order chi connectivity index (χ0) is 10.6. The van der Waals surface area contributed by atoms with E-state index in [9.17, 15) is 4.79 Å². The summed E-state index contributed by atoms with van der Waals surface area (Å²) in [5.41, 5.74) is 0. The molecule has 0 unspecified atom stereocenters. The minimum atomic E-state index is 0.392. The number of fused-ring (bicyclic) bond motifs is 3. The summed E-state index contributed by atoms with van der Waals surface area (Å²) in [6, 6.07) is 0. The van der Waals surface area contributed by atoms with Crippen LogP contribution >= 0.6 is 0 Å². The molecular weight excluding hydrogens is 184 g/mol. The van der Waals surface area contributed by atoms with Crippen LogP contribution in [0.4, 0.5) is 0 Å². The zero-order valence-corrected chi connectivity index (χ0v) is 9.06. The molecule has 0 heterocycles. The number of carbonyl (C=O) groups excluding carboxylic acids is 1. The summed E-state index contributed by atoms with van der Waals surface area (Å²) in [7, 11) is 0. The molecule has 0 radical (unpaired) electrons. The van der Waals surface area contributed by atoms with E-state index >= 15 is 0 Å². The molecule has 15 heavy (non-hydrogen) atoms. The SMILES string of the molecule is C=C[C@@H]1C[C@H](C=C)[C@H]2[C@@H]1C[C@@H]1CC(=O)[C@@H]12. The van der Waals surface area contributed by atoms with Gasteiger partial charge in [0.1, 0.15) is 5.78 Å². The zero-order valence-electron chi connectivity index (χ0n) is 9.06. The maximum Gasteiger partial charge on any atom is 0.136 e. The summed E-state index contributed by atoms with van der Waals surface area (Å²) in [6.45, 7) is 7.88. The minimum absolute atomic E-state index is 0.392. The molecule has 3 aliphatic carbocycles. The molecule has 0 spiro atoms. The number of ketones is 1. The lowest BCUT2D eigenvalue weighted by atomic mass is 9.68. The molecule has 0 aliphatic heterocycles. The third-order valence-corrected chi connectivity index (χ3v) is 5.02. The van der Waals surface area contributed by atoms with Crippen molar-refractivity contribution in [3.05, 3.63) is 25.3 Å². The Bertz CT molecular complexity index is 330. The maximum absolute atomic E-state index is 11.7. The number of allylic oxidation sites excluding steroid dienone is 2. The lowest BCUT2D eigenvalue weighted by Gasteiger charge is -2.34. The second-order valence-corrected chi connectivity index (χ2v) is 5.47. The van der Waals surface area contributed by atoms with Crippen LogP contribution < -0.4 is 0 Å². The molecule has 3 aliphatic rings. The van der Waals surface area contributed by atoms with Crippen LogP contribution in [0.1, 0.15) is 19.3 Å². The lowest BCUT2D eigenvalue weighted by Crippen LogP contribution is -2.38. The van der Waals surface area contributed by atoms with Gasteiger partial charge < -0.3 is 0 Å². The summed E-state index contributed by atoms with van der Waals surface area (Å²) in [6.07, 6.45) is 7.48. The topological polar surface area (TPSA) is 17.1 Å². The standard InChI is InChI=1S/C14H18O/c1-3-8-5-9(4-2)13-11(8)6-10-7-12(15)14(10)13/h3-4,8-11,13-14H,1-2,5-7H2/t8-,9+,10-,11-,13+,14-/m1/s1. The molecule has 1 nitrogen and oxygen atoms in total. The first-order valence-corrected chi connectivity index (χ1v) is 6.04. The Balaban J connectivity index is 1.91. The van der Waals surface area contributed by atoms with Gasteiger partial charge in [0.15, 0.2) is 0 Å². The van der Waals surface area contributed by atoms with Gasteiger partial charge in [-0.25, -0.2) is 0 Å². The number of carbonyl (C=O) groups is 1. The predicted molar refractivity (Wildman–Crippen MR) is 60.2 cm³/mol. The van der Waals surface area contributed by atoms with Crippen LogP contribution in [0, 0.1) is 35.5 Å². The van der Waals surface area contributed by atoms with Crippen molar-refractivity contribution in [3.8, 4) is 0 Å². The fraction of sp³-hybridized carbons (Fsp3) is 0.643. The van der Waals surface area contributed by atoms with Crippen LogP contribution in [0.3, 0.4) is 0 Å². The van der Waals surface area contributed by atoms with Crippen LogP contribution in [0.5, 0.6) is 0 Å². The third kappa shape index (κ3) is 1.07. The first-order chi connectivity index (χ1) is 7.26. The van der Waals surface area contributed by atoms with Gasteiger partial charge in [0.2, 0.25) is 0 Å². The average Bonchev–Trinajstić information content (AvgIpc) is 2.69. The summed E-state index contributed by atoms with van der Waals surface area (Å²) < 4.78 is 0. The van der Waals surface area contributed by atoms with Gasteiger partial charge >= 0.3 is 0 Å². The van der Waals surface area contributed by atoms with Gasteiger partial charge in [0, 0.05) is 12.3 Å². The summed E-state index contributed by atoms with van der Waals surface area (Å²) in [5.74, 6) is 4.15. The minimum Gasteiger partial charge on any atom is -0.299 e. The van der Waals surface area contributed by atoms with Crippen LogP contribution in [0.15, 0.2) is 25.3 Å². The molecule has 0 N–H and O–H groups in total. The molecule has 0 aromatic carbocycles. The van der Waals surface area contributed by atoms with Crippen LogP contribution in [-0.2, 0) is 4.79 Å². The number of hydrogen-bond donors (Lipinski definition) is 0. The van der Waals surface area contributed by atoms with Crippen molar-refractivity contribution in [2.45, 2.75) is 19.3 Å². The van der Waals surface area contributed by atoms with E-state index in [1.165, 1.54) is 12.8 Å². The molecule has 0 amide bonds. The second-order valence-electron chi connectivity index (χ2n) is 5.47. The monoisotopic (exact) mass is 202 g/mol. The summed E-state index contributed by atoms with van der Waals surface area (Å²) in [5, 5.41) is 0. The molecule has 0 aromatic heterocycles. The fourth-order valence-corrected chi connectivity index (χ4v) is 4.37. The van der Waals surface area contributed by atoms with E-state index in [-0.39, 0.29) is 0 Å². The molecule has 0 saturated heterocycles. The molecule has 0 aromatic rings. The molecule has 0 bridgehead atoms. The van der Waals surface area contributed by atoms with Crippen molar-refractivity contribution in [1.82, 2.24) is 0 Å². The van der Waals surface area contributed by atoms with Gasteiger partial charge in [0.05, 0.1) is 0 Å². The highest BCUT2D eigenvalue weighted by Crippen LogP contribution is 2.61. The quantitative estimate of drug-likeness (QED) is 0.629. The van der Waals surface area contributed by atoms with E-state index in [0.29, 0.717) is 35.4 Å². The van der Waals surface area contributed by atoms with Gasteiger partial charge in [-0.2, -0.15) is 0 Å². The fourth-order valence-electron chi connectivity index (χ4n) is 4.37. The molecule has 3 rings (SSSR count). The Hall–Kier alpha value is -0.850.